The third kappa shape index (κ3) is 7.36. The lowest BCUT2D eigenvalue weighted by Crippen LogP contribution is -2.51. The van der Waals surface area contributed by atoms with Crippen molar-refractivity contribution in [3.8, 4) is 0 Å². The van der Waals surface area contributed by atoms with Gasteiger partial charge >= 0.3 is 0 Å². The van der Waals surface area contributed by atoms with Crippen LogP contribution in [0.4, 0.5) is 5.69 Å². The van der Waals surface area contributed by atoms with Crippen molar-refractivity contribution < 1.29 is 18.0 Å². The Labute approximate surface area is 230 Å². The summed E-state index contributed by atoms with van der Waals surface area (Å²) in [5.74, 6) is -0.812. The number of aryl methyl sites for hydroxylation is 2. The number of carbonyl (C=O) groups excluding carboxylic acids is 2. The van der Waals surface area contributed by atoms with Crippen molar-refractivity contribution in [3.63, 3.8) is 0 Å². The van der Waals surface area contributed by atoms with Crippen LogP contribution in [0.25, 0.3) is 0 Å². The Hall–Kier alpha value is -3.36. The van der Waals surface area contributed by atoms with Crippen LogP contribution in [0, 0.1) is 13.8 Å². The second kappa shape index (κ2) is 12.9. The van der Waals surface area contributed by atoms with E-state index in [0.717, 1.165) is 27.4 Å². The molecule has 0 saturated heterocycles. The smallest absolute Gasteiger partial charge is 0.264 e. The molecule has 0 fully saturated rings. The van der Waals surface area contributed by atoms with Crippen molar-refractivity contribution in [2.24, 2.45) is 0 Å². The fourth-order valence-corrected chi connectivity index (χ4v) is 5.38. The molecule has 3 aromatic carbocycles. The summed E-state index contributed by atoms with van der Waals surface area (Å²) in [6, 6.07) is 19.6. The fraction of sp³-hybridized carbons (Fsp3) is 0.310. The number of hydrogen-bond acceptors (Lipinski definition) is 4. The molecule has 2 amide bonds. The number of anilines is 1. The molecule has 0 aliphatic heterocycles. The fourth-order valence-electron chi connectivity index (χ4n) is 3.84. The molecule has 1 unspecified atom stereocenters. The van der Waals surface area contributed by atoms with Crippen LogP contribution in [-0.4, -0.2) is 44.3 Å². The average Bonchev–Trinajstić information content (AvgIpc) is 2.90. The zero-order chi connectivity index (χ0) is 27.9. The van der Waals surface area contributed by atoms with Gasteiger partial charge in [-0.25, -0.2) is 8.42 Å². The molecule has 0 aliphatic carbocycles. The molecule has 0 spiro atoms. The number of carbonyl (C=O) groups is 2. The Morgan fingerprint density at radius 3 is 2.00 bits per heavy atom. The number of nitrogens with one attached hydrogen (secondary N) is 1. The summed E-state index contributed by atoms with van der Waals surface area (Å²) < 4.78 is 28.7. The first-order valence-electron chi connectivity index (χ1n) is 12.5. The summed E-state index contributed by atoms with van der Waals surface area (Å²) in [4.78, 5) is 28.2. The van der Waals surface area contributed by atoms with Crippen molar-refractivity contribution in [2.75, 3.05) is 17.4 Å². The Morgan fingerprint density at radius 2 is 1.45 bits per heavy atom. The van der Waals surface area contributed by atoms with E-state index in [1.807, 2.05) is 20.8 Å². The first-order chi connectivity index (χ1) is 18.0. The molecular weight excluding hydrogens is 522 g/mol. The highest BCUT2D eigenvalue weighted by molar-refractivity contribution is 7.92. The minimum atomic E-state index is -4.08. The SMILES string of the molecule is CCCNC(=O)C(C)N(Cc1ccc(Cl)cc1)C(=O)CN(c1ccc(C)cc1)S(=O)(=O)c1ccc(C)cc1. The first kappa shape index (κ1) is 29.2. The monoisotopic (exact) mass is 555 g/mol. The molecule has 0 heterocycles. The first-order valence-corrected chi connectivity index (χ1v) is 14.3. The molecule has 38 heavy (non-hydrogen) atoms. The Kier molecular flexibility index (Phi) is 9.94. The standard InChI is InChI=1S/C29H34ClN3O4S/c1-5-18-31-29(35)23(4)32(19-24-10-12-25(30)13-11-24)28(34)20-33(26-14-6-21(2)7-15-26)38(36,37)27-16-8-22(3)9-17-27/h6-17,23H,5,18-20H2,1-4H3,(H,31,35). The van der Waals surface area contributed by atoms with Gasteiger partial charge in [-0.05, 0) is 69.2 Å². The van der Waals surface area contributed by atoms with Gasteiger partial charge in [0.15, 0.2) is 0 Å². The lowest BCUT2D eigenvalue weighted by molar-refractivity contribution is -0.139. The van der Waals surface area contributed by atoms with Crippen molar-refractivity contribution in [3.05, 3.63) is 94.5 Å². The number of rotatable bonds is 11. The lowest BCUT2D eigenvalue weighted by atomic mass is 10.1. The average molecular weight is 556 g/mol. The van der Waals surface area contributed by atoms with Gasteiger partial charge in [0.05, 0.1) is 10.6 Å². The molecule has 0 radical (unpaired) electrons. The van der Waals surface area contributed by atoms with Crippen LogP contribution >= 0.6 is 11.6 Å². The summed E-state index contributed by atoms with van der Waals surface area (Å²) in [5, 5.41) is 3.38. The topological polar surface area (TPSA) is 86.8 Å². The molecule has 1 N–H and O–H groups in total. The predicted octanol–water partition coefficient (Wildman–Crippen LogP) is 5.10. The van der Waals surface area contributed by atoms with Crippen LogP contribution in [0.2, 0.25) is 5.02 Å². The summed E-state index contributed by atoms with van der Waals surface area (Å²) in [7, 11) is -4.08. The number of hydrogen-bond donors (Lipinski definition) is 1. The van der Waals surface area contributed by atoms with Gasteiger partial charge in [-0.3, -0.25) is 13.9 Å². The maximum Gasteiger partial charge on any atom is 0.264 e. The van der Waals surface area contributed by atoms with E-state index in [2.05, 4.69) is 5.32 Å². The number of amides is 2. The van der Waals surface area contributed by atoms with Gasteiger partial charge < -0.3 is 10.2 Å². The molecule has 0 bridgehead atoms. The van der Waals surface area contributed by atoms with E-state index in [1.165, 1.54) is 17.0 Å². The molecule has 9 heteroatoms. The van der Waals surface area contributed by atoms with E-state index in [-0.39, 0.29) is 17.3 Å². The number of halogens is 1. The zero-order valence-corrected chi connectivity index (χ0v) is 23.7. The summed E-state index contributed by atoms with van der Waals surface area (Å²) in [6.45, 7) is 7.47. The minimum absolute atomic E-state index is 0.0782. The van der Waals surface area contributed by atoms with Gasteiger partial charge in [0.25, 0.3) is 10.0 Å². The van der Waals surface area contributed by atoms with Crippen molar-refractivity contribution in [1.82, 2.24) is 10.2 Å². The van der Waals surface area contributed by atoms with Gasteiger partial charge in [0.1, 0.15) is 12.6 Å². The Bertz CT molecular complexity index is 1340. The van der Waals surface area contributed by atoms with Gasteiger partial charge in [-0.1, -0.05) is 66.0 Å². The minimum Gasteiger partial charge on any atom is -0.354 e. The third-order valence-electron chi connectivity index (χ3n) is 6.19. The molecule has 0 saturated carbocycles. The van der Waals surface area contributed by atoms with Gasteiger partial charge in [-0.2, -0.15) is 0 Å². The van der Waals surface area contributed by atoms with E-state index in [0.29, 0.717) is 17.3 Å². The molecule has 202 valence electrons. The maximum absolute atomic E-state index is 13.8. The molecule has 0 aliphatic rings. The quantitative estimate of drug-likeness (QED) is 0.357. The number of sulfonamides is 1. The molecular formula is C29H34ClN3O4S. The van der Waals surface area contributed by atoms with E-state index in [9.17, 15) is 18.0 Å². The van der Waals surface area contributed by atoms with Crippen LogP contribution in [0.15, 0.2) is 77.7 Å². The molecule has 1 atom stereocenters. The van der Waals surface area contributed by atoms with Gasteiger partial charge in [0, 0.05) is 18.1 Å². The van der Waals surface area contributed by atoms with E-state index >= 15 is 0 Å². The zero-order valence-electron chi connectivity index (χ0n) is 22.1. The van der Waals surface area contributed by atoms with E-state index in [1.54, 1.807) is 67.6 Å². The largest absolute Gasteiger partial charge is 0.354 e. The number of benzene rings is 3. The molecule has 0 aromatic heterocycles. The number of nitrogens with zero attached hydrogens (tertiary/aromatic N) is 2. The van der Waals surface area contributed by atoms with Crippen molar-refractivity contribution >= 4 is 39.1 Å². The second-order valence-electron chi connectivity index (χ2n) is 9.28. The van der Waals surface area contributed by atoms with Crippen LogP contribution in [0.1, 0.15) is 37.0 Å². The summed E-state index contributed by atoms with van der Waals surface area (Å²) >= 11 is 6.03. The Balaban J connectivity index is 2.00. The van der Waals surface area contributed by atoms with E-state index < -0.39 is 28.5 Å². The molecule has 7 nitrogen and oxygen atoms in total. The Morgan fingerprint density at radius 1 is 0.895 bits per heavy atom. The van der Waals surface area contributed by atoms with Crippen molar-refractivity contribution in [2.45, 2.75) is 51.6 Å². The summed E-state index contributed by atoms with van der Waals surface area (Å²) in [5.41, 5.74) is 3.00. The van der Waals surface area contributed by atoms with Crippen molar-refractivity contribution in [1.29, 1.82) is 0 Å². The highest BCUT2D eigenvalue weighted by Crippen LogP contribution is 2.25. The predicted molar refractivity (Wildman–Crippen MR) is 152 cm³/mol. The lowest BCUT2D eigenvalue weighted by Gasteiger charge is -2.32. The van der Waals surface area contributed by atoms with Crippen LogP contribution in [0.5, 0.6) is 0 Å². The molecule has 3 aromatic rings. The van der Waals surface area contributed by atoms with E-state index in [4.69, 9.17) is 11.6 Å². The van der Waals surface area contributed by atoms with Crippen LogP contribution in [0.3, 0.4) is 0 Å². The summed E-state index contributed by atoms with van der Waals surface area (Å²) in [6.07, 6.45) is 0.750. The van der Waals surface area contributed by atoms with Crippen LogP contribution < -0.4 is 9.62 Å². The second-order valence-corrected chi connectivity index (χ2v) is 11.6. The normalized spacial score (nSPS) is 12.0. The molecule has 3 rings (SSSR count). The highest BCUT2D eigenvalue weighted by Gasteiger charge is 2.32. The third-order valence-corrected chi connectivity index (χ3v) is 8.23. The highest BCUT2D eigenvalue weighted by atomic mass is 35.5. The maximum atomic E-state index is 13.8. The van der Waals surface area contributed by atoms with Crippen LogP contribution in [-0.2, 0) is 26.2 Å². The van der Waals surface area contributed by atoms with Gasteiger partial charge in [-0.15, -0.1) is 0 Å². The van der Waals surface area contributed by atoms with Gasteiger partial charge in [0.2, 0.25) is 11.8 Å².